The molecule has 1 heterocycles. The standard InChI is InChI=1S/C21H24FN3O3/c1-11(2)13-10-14(22)12(8-16(13)26)9-17(27)25-15-6-7-24-19(20(23)28)18(15)21(3,4)5/h6-8,10,26H,1,9H2,2-5H3,(H2,23,28)(H,24,25,27). The molecule has 0 saturated carbocycles. The third-order valence-electron chi connectivity index (χ3n) is 4.18. The largest absolute Gasteiger partial charge is 0.507 e. The fourth-order valence-corrected chi connectivity index (χ4v) is 2.96. The molecule has 0 atom stereocenters. The van der Waals surface area contributed by atoms with Crippen LogP contribution in [0.2, 0.25) is 0 Å². The number of nitrogens with one attached hydrogen (secondary N) is 1. The van der Waals surface area contributed by atoms with Crippen LogP contribution in [0.25, 0.3) is 5.57 Å². The minimum Gasteiger partial charge on any atom is -0.507 e. The van der Waals surface area contributed by atoms with Gasteiger partial charge in [-0.05, 0) is 36.1 Å². The number of hydrogen-bond donors (Lipinski definition) is 3. The molecule has 0 aliphatic heterocycles. The molecule has 6 nitrogen and oxygen atoms in total. The molecule has 2 rings (SSSR count). The zero-order chi connectivity index (χ0) is 21.2. The molecular formula is C21H24FN3O3. The van der Waals surface area contributed by atoms with Crippen molar-refractivity contribution < 1.29 is 19.1 Å². The van der Waals surface area contributed by atoms with Crippen molar-refractivity contribution in [3.05, 3.63) is 59.2 Å². The Balaban J connectivity index is 2.35. The van der Waals surface area contributed by atoms with Crippen LogP contribution in [0.4, 0.5) is 10.1 Å². The first-order chi connectivity index (χ1) is 12.9. The summed E-state index contributed by atoms with van der Waals surface area (Å²) in [6, 6.07) is 3.92. The van der Waals surface area contributed by atoms with Gasteiger partial charge in [0.05, 0.1) is 6.42 Å². The summed E-state index contributed by atoms with van der Waals surface area (Å²) in [6.45, 7) is 10.9. The predicted molar refractivity (Wildman–Crippen MR) is 107 cm³/mol. The van der Waals surface area contributed by atoms with Crippen molar-refractivity contribution in [2.75, 3.05) is 5.32 Å². The maximum atomic E-state index is 14.3. The van der Waals surface area contributed by atoms with Crippen LogP contribution in [0.1, 0.15) is 54.9 Å². The summed E-state index contributed by atoms with van der Waals surface area (Å²) in [5.74, 6) is -1.97. The summed E-state index contributed by atoms with van der Waals surface area (Å²) in [5.41, 5.74) is 6.68. The molecule has 0 bridgehead atoms. The molecule has 0 fully saturated rings. The number of amides is 2. The fourth-order valence-electron chi connectivity index (χ4n) is 2.96. The Kier molecular flexibility index (Phi) is 5.87. The van der Waals surface area contributed by atoms with Crippen LogP contribution in [0, 0.1) is 5.82 Å². The van der Waals surface area contributed by atoms with E-state index in [9.17, 15) is 19.1 Å². The Morgan fingerprint density at radius 3 is 2.50 bits per heavy atom. The van der Waals surface area contributed by atoms with Crippen molar-refractivity contribution in [1.29, 1.82) is 0 Å². The number of aromatic nitrogens is 1. The van der Waals surface area contributed by atoms with Gasteiger partial charge in [0.15, 0.2) is 0 Å². The molecule has 0 aliphatic rings. The van der Waals surface area contributed by atoms with E-state index in [2.05, 4.69) is 16.9 Å². The van der Waals surface area contributed by atoms with E-state index in [4.69, 9.17) is 5.73 Å². The first kappa shape index (κ1) is 21.1. The number of phenols is 1. The first-order valence-corrected chi connectivity index (χ1v) is 8.68. The van der Waals surface area contributed by atoms with Crippen LogP contribution in [-0.2, 0) is 16.6 Å². The number of hydrogen-bond acceptors (Lipinski definition) is 4. The van der Waals surface area contributed by atoms with Gasteiger partial charge in [0.1, 0.15) is 17.3 Å². The van der Waals surface area contributed by atoms with Gasteiger partial charge in [-0.1, -0.05) is 27.4 Å². The van der Waals surface area contributed by atoms with E-state index in [-0.39, 0.29) is 29.0 Å². The van der Waals surface area contributed by atoms with E-state index in [1.54, 1.807) is 13.0 Å². The van der Waals surface area contributed by atoms with Crippen molar-refractivity contribution in [1.82, 2.24) is 4.98 Å². The summed E-state index contributed by atoms with van der Waals surface area (Å²) in [4.78, 5) is 28.3. The van der Waals surface area contributed by atoms with Gasteiger partial charge in [0.2, 0.25) is 5.91 Å². The second-order valence-corrected chi connectivity index (χ2v) is 7.66. The molecule has 0 spiro atoms. The summed E-state index contributed by atoms with van der Waals surface area (Å²) in [6.07, 6.45) is 1.08. The van der Waals surface area contributed by atoms with E-state index in [0.29, 0.717) is 16.8 Å². The first-order valence-electron chi connectivity index (χ1n) is 8.68. The number of primary amides is 1. The third kappa shape index (κ3) is 4.54. The topological polar surface area (TPSA) is 105 Å². The van der Waals surface area contributed by atoms with Gasteiger partial charge in [-0.2, -0.15) is 0 Å². The van der Waals surface area contributed by atoms with Crippen molar-refractivity contribution >= 4 is 23.1 Å². The molecule has 1 aromatic heterocycles. The Hall–Kier alpha value is -3.22. The van der Waals surface area contributed by atoms with Crippen molar-refractivity contribution in [3.8, 4) is 5.75 Å². The maximum absolute atomic E-state index is 14.3. The predicted octanol–water partition coefficient (Wildman–Crippen LogP) is 3.54. The van der Waals surface area contributed by atoms with Crippen LogP contribution in [0.3, 0.4) is 0 Å². The number of halogens is 1. The molecule has 148 valence electrons. The van der Waals surface area contributed by atoms with E-state index >= 15 is 0 Å². The second-order valence-electron chi connectivity index (χ2n) is 7.66. The van der Waals surface area contributed by atoms with Crippen LogP contribution >= 0.6 is 0 Å². The molecule has 0 unspecified atom stereocenters. The minimum atomic E-state index is -0.702. The zero-order valence-electron chi connectivity index (χ0n) is 16.4. The van der Waals surface area contributed by atoms with Gasteiger partial charge in [-0.3, -0.25) is 14.6 Å². The number of carbonyl (C=O) groups excluding carboxylic acids is 2. The lowest BCUT2D eigenvalue weighted by Gasteiger charge is -2.24. The van der Waals surface area contributed by atoms with Crippen LogP contribution in [0.15, 0.2) is 31.0 Å². The third-order valence-corrected chi connectivity index (χ3v) is 4.18. The summed E-state index contributed by atoms with van der Waals surface area (Å²) in [7, 11) is 0. The molecule has 0 saturated heterocycles. The average molecular weight is 385 g/mol. The molecule has 1 aromatic carbocycles. The monoisotopic (exact) mass is 385 g/mol. The molecule has 2 aromatic rings. The van der Waals surface area contributed by atoms with E-state index in [1.807, 2.05) is 20.8 Å². The number of rotatable bonds is 5. The quantitative estimate of drug-likeness (QED) is 0.732. The number of nitrogens with zero attached hydrogens (tertiary/aromatic N) is 1. The van der Waals surface area contributed by atoms with E-state index in [1.165, 1.54) is 12.3 Å². The van der Waals surface area contributed by atoms with E-state index in [0.717, 1.165) is 6.07 Å². The smallest absolute Gasteiger partial charge is 0.267 e. The molecule has 4 N–H and O–H groups in total. The summed E-state index contributed by atoms with van der Waals surface area (Å²) >= 11 is 0. The zero-order valence-corrected chi connectivity index (χ0v) is 16.4. The van der Waals surface area contributed by atoms with Gasteiger partial charge in [-0.25, -0.2) is 4.39 Å². The van der Waals surface area contributed by atoms with Gasteiger partial charge >= 0.3 is 0 Å². The van der Waals surface area contributed by atoms with Gasteiger partial charge in [0, 0.05) is 28.6 Å². The number of carbonyl (C=O) groups is 2. The van der Waals surface area contributed by atoms with Gasteiger partial charge in [-0.15, -0.1) is 0 Å². The molecule has 0 radical (unpaired) electrons. The van der Waals surface area contributed by atoms with Gasteiger partial charge in [0.25, 0.3) is 5.91 Å². The Labute approximate surface area is 163 Å². The average Bonchev–Trinajstić information content (AvgIpc) is 2.56. The van der Waals surface area contributed by atoms with Crippen molar-refractivity contribution in [2.24, 2.45) is 5.73 Å². The summed E-state index contributed by atoms with van der Waals surface area (Å²) < 4.78 is 14.3. The van der Waals surface area contributed by atoms with Crippen molar-refractivity contribution in [2.45, 2.75) is 39.5 Å². The number of nitrogens with two attached hydrogens (primary N) is 1. The minimum absolute atomic E-state index is 0.0430. The lowest BCUT2D eigenvalue weighted by Crippen LogP contribution is -2.26. The number of phenolic OH excluding ortho intramolecular Hbond substituents is 1. The van der Waals surface area contributed by atoms with E-state index < -0.39 is 23.0 Å². The number of benzene rings is 1. The highest BCUT2D eigenvalue weighted by Gasteiger charge is 2.26. The van der Waals surface area contributed by atoms with Crippen LogP contribution in [-0.4, -0.2) is 21.9 Å². The van der Waals surface area contributed by atoms with Crippen LogP contribution in [0.5, 0.6) is 5.75 Å². The molecule has 2 amide bonds. The second kappa shape index (κ2) is 7.80. The lowest BCUT2D eigenvalue weighted by molar-refractivity contribution is -0.115. The number of anilines is 1. The highest BCUT2D eigenvalue weighted by atomic mass is 19.1. The molecule has 7 heteroatoms. The highest BCUT2D eigenvalue weighted by Crippen LogP contribution is 2.32. The Bertz CT molecular complexity index is 962. The highest BCUT2D eigenvalue weighted by molar-refractivity contribution is 5.98. The lowest BCUT2D eigenvalue weighted by atomic mass is 9.84. The molecule has 0 aliphatic carbocycles. The summed E-state index contributed by atoms with van der Waals surface area (Å²) in [5, 5.41) is 12.7. The Morgan fingerprint density at radius 1 is 1.32 bits per heavy atom. The maximum Gasteiger partial charge on any atom is 0.267 e. The number of aromatic hydroxyl groups is 1. The molecular weight excluding hydrogens is 361 g/mol. The Morgan fingerprint density at radius 2 is 1.96 bits per heavy atom. The van der Waals surface area contributed by atoms with Crippen LogP contribution < -0.4 is 11.1 Å². The van der Waals surface area contributed by atoms with Crippen molar-refractivity contribution in [3.63, 3.8) is 0 Å². The molecule has 28 heavy (non-hydrogen) atoms. The fraction of sp³-hybridized carbons (Fsp3) is 0.286. The SMILES string of the molecule is C=C(C)c1cc(F)c(CC(=O)Nc2ccnc(C(N)=O)c2C(C)(C)C)cc1O. The number of allylic oxidation sites excluding steroid dienone is 1. The normalized spacial score (nSPS) is 11.2. The number of pyridine rings is 1. The van der Waals surface area contributed by atoms with Gasteiger partial charge < -0.3 is 16.2 Å².